The maximum absolute atomic E-state index is 12.1. The molecule has 2 fully saturated rings. The molecule has 3 unspecified atom stereocenters. The molecular formula is C17H17N7O3S. The van der Waals surface area contributed by atoms with Crippen molar-refractivity contribution in [2.24, 2.45) is 7.05 Å². The molecule has 144 valence electrons. The number of ketones is 1. The van der Waals surface area contributed by atoms with E-state index in [1.807, 2.05) is 37.4 Å². The van der Waals surface area contributed by atoms with Crippen LogP contribution in [0.2, 0.25) is 0 Å². The van der Waals surface area contributed by atoms with Crippen molar-refractivity contribution in [1.82, 2.24) is 34.6 Å². The Balaban J connectivity index is 1.41. The predicted octanol–water partition coefficient (Wildman–Crippen LogP) is 0.908. The van der Waals surface area contributed by atoms with Crippen molar-refractivity contribution in [3.05, 3.63) is 40.9 Å². The van der Waals surface area contributed by atoms with E-state index in [-0.39, 0.29) is 17.9 Å². The molecule has 28 heavy (non-hydrogen) atoms. The van der Waals surface area contributed by atoms with Gasteiger partial charge in [0.05, 0.1) is 12.6 Å². The number of carbonyl (C=O) groups is 1. The fraction of sp³-hybridized carbons (Fsp3) is 0.412. The van der Waals surface area contributed by atoms with E-state index >= 15 is 0 Å². The zero-order chi connectivity index (χ0) is 19.3. The van der Waals surface area contributed by atoms with Crippen molar-refractivity contribution in [3.8, 4) is 11.4 Å². The molecule has 2 aromatic heterocycles. The van der Waals surface area contributed by atoms with Gasteiger partial charge in [-0.25, -0.2) is 4.68 Å². The molecule has 0 radical (unpaired) electrons. The lowest BCUT2D eigenvalue weighted by atomic mass is 10.0. The highest BCUT2D eigenvalue weighted by molar-refractivity contribution is 7.71. The van der Waals surface area contributed by atoms with Gasteiger partial charge in [-0.3, -0.25) is 4.79 Å². The second-order valence-electron chi connectivity index (χ2n) is 6.79. The lowest BCUT2D eigenvalue weighted by Crippen LogP contribution is -2.37. The zero-order valence-electron chi connectivity index (χ0n) is 15.0. The Morgan fingerprint density at radius 1 is 1.25 bits per heavy atom. The van der Waals surface area contributed by atoms with Crippen LogP contribution in [-0.2, 0) is 27.9 Å². The van der Waals surface area contributed by atoms with E-state index in [4.69, 9.17) is 21.7 Å². The van der Waals surface area contributed by atoms with Gasteiger partial charge in [-0.1, -0.05) is 30.3 Å². The third-order valence-corrected chi connectivity index (χ3v) is 5.45. The molecule has 2 saturated heterocycles. The van der Waals surface area contributed by atoms with Gasteiger partial charge >= 0.3 is 0 Å². The molecule has 3 aromatic rings. The second kappa shape index (κ2) is 6.69. The Morgan fingerprint density at radius 3 is 2.89 bits per heavy atom. The van der Waals surface area contributed by atoms with Gasteiger partial charge in [0.15, 0.2) is 16.4 Å². The number of nitrogens with zero attached hydrogens (tertiary/aromatic N) is 7. The summed E-state index contributed by atoms with van der Waals surface area (Å²) in [7, 11) is 1.83. The number of rotatable bonds is 4. The van der Waals surface area contributed by atoms with Crippen molar-refractivity contribution >= 4 is 18.0 Å². The lowest BCUT2D eigenvalue weighted by Gasteiger charge is -2.26. The molecule has 0 saturated carbocycles. The first-order chi connectivity index (χ1) is 13.6. The fourth-order valence-electron chi connectivity index (χ4n) is 3.46. The number of fused-ring (bicyclic) bond motifs is 2. The maximum Gasteiger partial charge on any atom is 0.218 e. The van der Waals surface area contributed by atoms with E-state index in [1.54, 1.807) is 9.25 Å². The van der Waals surface area contributed by atoms with Crippen LogP contribution in [0.25, 0.3) is 11.4 Å². The van der Waals surface area contributed by atoms with Crippen LogP contribution in [0, 0.1) is 4.77 Å². The topological polar surface area (TPSA) is 102 Å². The van der Waals surface area contributed by atoms with Crippen LogP contribution in [0.15, 0.2) is 30.3 Å². The normalized spacial score (nSPS) is 24.0. The molecule has 5 rings (SSSR count). The molecule has 0 spiro atoms. The average Bonchev–Trinajstić information content (AvgIpc) is 3.42. The van der Waals surface area contributed by atoms with Crippen LogP contribution in [0.4, 0.5) is 0 Å². The van der Waals surface area contributed by atoms with Crippen molar-refractivity contribution in [2.45, 2.75) is 31.4 Å². The Morgan fingerprint density at radius 2 is 2.07 bits per heavy atom. The summed E-state index contributed by atoms with van der Waals surface area (Å²) in [6, 6.07) is 9.35. The SMILES string of the molecule is Cn1c(Cn2nnc(-c3ccccc3)n2)nn(C2CC(=O)C3OCC2O3)c1=S. The van der Waals surface area contributed by atoms with Crippen LogP contribution in [0.1, 0.15) is 18.3 Å². The largest absolute Gasteiger partial charge is 0.343 e. The molecule has 0 N–H and O–H groups in total. The predicted molar refractivity (Wildman–Crippen MR) is 97.7 cm³/mol. The summed E-state index contributed by atoms with van der Waals surface area (Å²) < 4.78 is 15.0. The first kappa shape index (κ1) is 17.3. The maximum atomic E-state index is 12.1. The molecular weight excluding hydrogens is 382 g/mol. The number of tetrazole rings is 1. The minimum Gasteiger partial charge on any atom is -0.343 e. The molecule has 2 aliphatic heterocycles. The van der Waals surface area contributed by atoms with E-state index in [1.165, 1.54) is 4.80 Å². The second-order valence-corrected chi connectivity index (χ2v) is 7.15. The summed E-state index contributed by atoms with van der Waals surface area (Å²) >= 11 is 5.54. The zero-order valence-corrected chi connectivity index (χ0v) is 15.8. The number of carbonyl (C=O) groups excluding carboxylic acids is 1. The number of hydrogen-bond acceptors (Lipinski definition) is 8. The summed E-state index contributed by atoms with van der Waals surface area (Å²) in [6.45, 7) is 0.665. The average molecular weight is 399 g/mol. The molecule has 4 heterocycles. The van der Waals surface area contributed by atoms with E-state index in [2.05, 4.69) is 20.5 Å². The Labute approximate surface area is 164 Å². The molecule has 0 amide bonds. The van der Waals surface area contributed by atoms with Gasteiger partial charge < -0.3 is 14.0 Å². The van der Waals surface area contributed by atoms with Crippen molar-refractivity contribution < 1.29 is 14.3 Å². The summed E-state index contributed by atoms with van der Waals surface area (Å²) in [4.78, 5) is 13.6. The van der Waals surface area contributed by atoms with E-state index in [0.29, 0.717) is 36.0 Å². The monoisotopic (exact) mass is 399 g/mol. The van der Waals surface area contributed by atoms with E-state index < -0.39 is 6.29 Å². The van der Waals surface area contributed by atoms with Gasteiger partial charge in [-0.2, -0.15) is 9.90 Å². The highest BCUT2D eigenvalue weighted by Gasteiger charge is 2.45. The third-order valence-electron chi connectivity index (χ3n) is 4.99. The van der Waals surface area contributed by atoms with Crippen molar-refractivity contribution in [1.29, 1.82) is 0 Å². The third kappa shape index (κ3) is 2.87. The molecule has 11 heteroatoms. The van der Waals surface area contributed by atoms with Crippen LogP contribution < -0.4 is 0 Å². The number of benzene rings is 1. The van der Waals surface area contributed by atoms with Crippen molar-refractivity contribution in [2.75, 3.05) is 6.61 Å². The van der Waals surface area contributed by atoms with Gasteiger partial charge in [0.25, 0.3) is 0 Å². The number of Topliss-reactive ketones (excluding diaryl/α,β-unsaturated/α-hetero) is 1. The highest BCUT2D eigenvalue weighted by atomic mass is 32.1. The van der Waals surface area contributed by atoms with Crippen molar-refractivity contribution in [3.63, 3.8) is 0 Å². The lowest BCUT2D eigenvalue weighted by molar-refractivity contribution is -0.156. The highest BCUT2D eigenvalue weighted by Crippen LogP contribution is 2.32. The minimum absolute atomic E-state index is 0.0849. The van der Waals surface area contributed by atoms with Gasteiger partial charge in [0, 0.05) is 19.0 Å². The number of hydrogen-bond donors (Lipinski definition) is 0. The minimum atomic E-state index is -0.741. The molecule has 1 aromatic carbocycles. The molecule has 2 aliphatic rings. The van der Waals surface area contributed by atoms with Crippen LogP contribution >= 0.6 is 12.2 Å². The molecule has 3 atom stereocenters. The van der Waals surface area contributed by atoms with Crippen LogP contribution in [0.5, 0.6) is 0 Å². The van der Waals surface area contributed by atoms with E-state index in [0.717, 1.165) is 5.56 Å². The number of ether oxygens (including phenoxy) is 2. The standard InChI is InChI=1S/C17H17N7O3S/c1-22-14(8-23-20-15(18-21-23)10-5-3-2-4-6-10)19-24(17(22)28)11-7-12(25)16-26-9-13(11)27-16/h2-6,11,13,16H,7-9H2,1H3. The Hall–Kier alpha value is -2.76. The molecule has 10 nitrogen and oxygen atoms in total. The van der Waals surface area contributed by atoms with Gasteiger partial charge in [0.2, 0.25) is 12.1 Å². The van der Waals surface area contributed by atoms with Crippen LogP contribution in [-0.4, -0.2) is 59.3 Å². The van der Waals surface area contributed by atoms with Crippen LogP contribution in [0.3, 0.4) is 0 Å². The summed E-state index contributed by atoms with van der Waals surface area (Å²) in [5.74, 6) is 1.12. The quantitative estimate of drug-likeness (QED) is 0.597. The fourth-order valence-corrected chi connectivity index (χ4v) is 3.74. The first-order valence-corrected chi connectivity index (χ1v) is 9.28. The summed E-state index contributed by atoms with van der Waals surface area (Å²) in [6.07, 6.45) is -0.680. The Kier molecular flexibility index (Phi) is 4.14. The number of aromatic nitrogens is 7. The smallest absolute Gasteiger partial charge is 0.218 e. The van der Waals surface area contributed by atoms with E-state index in [9.17, 15) is 4.79 Å². The Bertz CT molecular complexity index is 1090. The van der Waals surface area contributed by atoms with Gasteiger partial charge in [-0.15, -0.1) is 10.2 Å². The summed E-state index contributed by atoms with van der Waals surface area (Å²) in [5.41, 5.74) is 0.890. The summed E-state index contributed by atoms with van der Waals surface area (Å²) in [5, 5.41) is 17.3. The molecule has 0 aliphatic carbocycles. The molecule has 2 bridgehead atoms. The first-order valence-electron chi connectivity index (χ1n) is 8.87. The van der Waals surface area contributed by atoms with Gasteiger partial charge in [-0.05, 0) is 17.4 Å². The van der Waals surface area contributed by atoms with Gasteiger partial charge in [0.1, 0.15) is 12.6 Å².